The molecule has 0 aliphatic carbocycles. The summed E-state index contributed by atoms with van der Waals surface area (Å²) in [4.78, 5) is 4.26. The molecule has 7 nitrogen and oxygen atoms in total. The quantitative estimate of drug-likeness (QED) is 0.508. The molecule has 0 saturated carbocycles. The highest BCUT2D eigenvalue weighted by Gasteiger charge is 2.14. The minimum absolute atomic E-state index is 0.534. The second-order valence-corrected chi connectivity index (χ2v) is 6.34. The monoisotopic (exact) mass is 437 g/mol. The molecule has 0 amide bonds. The van der Waals surface area contributed by atoms with Crippen LogP contribution < -0.4 is 29.6 Å². The van der Waals surface area contributed by atoms with Crippen molar-refractivity contribution in [1.29, 1.82) is 0 Å². The maximum absolute atomic E-state index is 5.40. The first-order chi connectivity index (χ1) is 13.1. The maximum atomic E-state index is 5.40. The molecule has 0 atom stereocenters. The maximum Gasteiger partial charge on any atom is 0.203 e. The van der Waals surface area contributed by atoms with Crippen molar-refractivity contribution >= 4 is 27.6 Å². The van der Waals surface area contributed by atoms with Crippen LogP contribution in [0, 0.1) is 0 Å². The number of ether oxygens (including phenoxy) is 4. The third kappa shape index (κ3) is 5.19. The van der Waals surface area contributed by atoms with Gasteiger partial charge >= 0.3 is 0 Å². The zero-order valence-corrected chi connectivity index (χ0v) is 17.6. The van der Waals surface area contributed by atoms with E-state index in [-0.39, 0.29) is 0 Å². The van der Waals surface area contributed by atoms with Crippen LogP contribution in [0.5, 0.6) is 23.0 Å². The van der Waals surface area contributed by atoms with Gasteiger partial charge < -0.3 is 29.6 Å². The van der Waals surface area contributed by atoms with Gasteiger partial charge in [0.05, 0.1) is 28.4 Å². The molecule has 2 aromatic rings. The normalized spacial score (nSPS) is 11.0. The second-order valence-electron chi connectivity index (χ2n) is 5.42. The molecule has 2 rings (SSSR count). The summed E-state index contributed by atoms with van der Waals surface area (Å²) in [7, 11) is 8.07. The van der Waals surface area contributed by atoms with Crippen LogP contribution in [0.25, 0.3) is 0 Å². The highest BCUT2D eigenvalue weighted by Crippen LogP contribution is 2.39. The number of benzene rings is 2. The fourth-order valence-electron chi connectivity index (χ4n) is 2.53. The summed E-state index contributed by atoms with van der Waals surface area (Å²) in [5.41, 5.74) is 1.75. The van der Waals surface area contributed by atoms with Crippen LogP contribution in [0.4, 0.5) is 5.69 Å². The molecule has 0 aliphatic rings. The van der Waals surface area contributed by atoms with Gasteiger partial charge in [0, 0.05) is 41.4 Å². The number of aliphatic imine (C=N–C) groups is 1. The summed E-state index contributed by atoms with van der Waals surface area (Å²) in [6.07, 6.45) is 0. The zero-order chi connectivity index (χ0) is 19.8. The van der Waals surface area contributed by atoms with Crippen LogP contribution in [0.3, 0.4) is 0 Å². The molecule has 0 aliphatic heterocycles. The summed E-state index contributed by atoms with van der Waals surface area (Å²) in [5.74, 6) is 3.04. The van der Waals surface area contributed by atoms with Crippen molar-refractivity contribution < 1.29 is 18.9 Å². The molecular formula is C19H24BrN3O4. The Morgan fingerprint density at radius 3 is 2.07 bits per heavy atom. The second kappa shape index (κ2) is 9.91. The Hall–Kier alpha value is -2.61. The van der Waals surface area contributed by atoms with E-state index in [4.69, 9.17) is 18.9 Å². The van der Waals surface area contributed by atoms with E-state index in [1.807, 2.05) is 30.3 Å². The average molecular weight is 438 g/mol. The van der Waals surface area contributed by atoms with Crippen LogP contribution in [0.1, 0.15) is 5.56 Å². The molecule has 0 bridgehead atoms. The lowest BCUT2D eigenvalue weighted by Crippen LogP contribution is -2.30. The van der Waals surface area contributed by atoms with E-state index < -0.39 is 0 Å². The molecule has 0 radical (unpaired) electrons. The van der Waals surface area contributed by atoms with Gasteiger partial charge in [0.2, 0.25) is 5.75 Å². The first kappa shape index (κ1) is 20.7. The SMILES string of the molecule is CN=C(NCc1cc(Br)ccc1OC)Nc1cc(OC)c(OC)c(OC)c1. The molecule has 0 fully saturated rings. The Bertz CT molecular complexity index is 787. The van der Waals surface area contributed by atoms with Gasteiger partial charge in [0.25, 0.3) is 0 Å². The first-order valence-corrected chi connectivity index (χ1v) is 8.95. The topological polar surface area (TPSA) is 73.3 Å². The van der Waals surface area contributed by atoms with E-state index in [1.165, 1.54) is 0 Å². The van der Waals surface area contributed by atoms with Gasteiger partial charge in [-0.1, -0.05) is 15.9 Å². The number of nitrogens with one attached hydrogen (secondary N) is 2. The molecule has 0 heterocycles. The van der Waals surface area contributed by atoms with E-state index in [9.17, 15) is 0 Å². The van der Waals surface area contributed by atoms with Gasteiger partial charge in [0.1, 0.15) is 5.75 Å². The highest BCUT2D eigenvalue weighted by atomic mass is 79.9. The van der Waals surface area contributed by atoms with Crippen LogP contribution in [-0.2, 0) is 6.54 Å². The Morgan fingerprint density at radius 2 is 1.56 bits per heavy atom. The fourth-order valence-corrected chi connectivity index (χ4v) is 2.94. The van der Waals surface area contributed by atoms with Crippen LogP contribution in [-0.4, -0.2) is 41.4 Å². The molecule has 0 unspecified atom stereocenters. The molecule has 8 heteroatoms. The lowest BCUT2D eigenvalue weighted by molar-refractivity contribution is 0.324. The molecule has 146 valence electrons. The molecule has 0 spiro atoms. The third-order valence-electron chi connectivity index (χ3n) is 3.84. The number of hydrogen-bond donors (Lipinski definition) is 2. The number of halogens is 1. The van der Waals surface area contributed by atoms with E-state index in [1.54, 1.807) is 35.5 Å². The van der Waals surface area contributed by atoms with E-state index >= 15 is 0 Å². The van der Waals surface area contributed by atoms with Gasteiger partial charge in [-0.2, -0.15) is 0 Å². The Kier molecular flexibility index (Phi) is 7.60. The van der Waals surface area contributed by atoms with Crippen molar-refractivity contribution in [3.63, 3.8) is 0 Å². The summed E-state index contributed by atoms with van der Waals surface area (Å²) in [6, 6.07) is 9.47. The predicted octanol–water partition coefficient (Wildman–Crippen LogP) is 3.67. The summed E-state index contributed by atoms with van der Waals surface area (Å²) < 4.78 is 22.5. The van der Waals surface area contributed by atoms with E-state index in [0.717, 1.165) is 21.5 Å². The third-order valence-corrected chi connectivity index (χ3v) is 4.33. The van der Waals surface area contributed by atoms with Crippen molar-refractivity contribution in [3.8, 4) is 23.0 Å². The highest BCUT2D eigenvalue weighted by molar-refractivity contribution is 9.10. The Balaban J connectivity index is 2.17. The van der Waals surface area contributed by atoms with Crippen molar-refractivity contribution in [1.82, 2.24) is 5.32 Å². The molecular weight excluding hydrogens is 414 g/mol. The Labute approximate surface area is 167 Å². The largest absolute Gasteiger partial charge is 0.496 e. The van der Waals surface area contributed by atoms with Gasteiger partial charge in [0.15, 0.2) is 17.5 Å². The summed E-state index contributed by atoms with van der Waals surface area (Å²) in [5, 5.41) is 6.49. The van der Waals surface area contributed by atoms with Crippen LogP contribution in [0.2, 0.25) is 0 Å². The Morgan fingerprint density at radius 1 is 0.926 bits per heavy atom. The van der Waals surface area contributed by atoms with Crippen LogP contribution in [0.15, 0.2) is 39.8 Å². The molecule has 2 aromatic carbocycles. The number of rotatable bonds is 7. The lowest BCUT2D eigenvalue weighted by atomic mass is 10.2. The minimum Gasteiger partial charge on any atom is -0.496 e. The number of guanidine groups is 1. The number of anilines is 1. The standard InChI is InChI=1S/C19H24BrN3O4/c1-21-19(22-11-12-8-13(20)6-7-15(12)24-2)23-14-9-16(25-3)18(27-5)17(10-14)26-4/h6-10H,11H2,1-5H3,(H2,21,22,23). The number of hydrogen-bond acceptors (Lipinski definition) is 5. The van der Waals surface area contributed by atoms with Gasteiger partial charge in [-0.15, -0.1) is 0 Å². The lowest BCUT2D eigenvalue weighted by Gasteiger charge is -2.17. The molecule has 2 N–H and O–H groups in total. The number of nitrogens with zero attached hydrogens (tertiary/aromatic N) is 1. The van der Waals surface area contributed by atoms with E-state index in [0.29, 0.717) is 29.8 Å². The fraction of sp³-hybridized carbons (Fsp3) is 0.316. The van der Waals surface area contributed by atoms with Crippen LogP contribution >= 0.6 is 15.9 Å². The molecule has 27 heavy (non-hydrogen) atoms. The average Bonchev–Trinajstić information content (AvgIpc) is 2.70. The number of methoxy groups -OCH3 is 4. The summed E-state index contributed by atoms with van der Waals surface area (Å²) >= 11 is 3.48. The van der Waals surface area contributed by atoms with Gasteiger partial charge in [-0.05, 0) is 18.2 Å². The van der Waals surface area contributed by atoms with Crippen molar-refractivity contribution in [2.75, 3.05) is 40.8 Å². The molecule has 0 aromatic heterocycles. The first-order valence-electron chi connectivity index (χ1n) is 8.16. The zero-order valence-electron chi connectivity index (χ0n) is 16.1. The predicted molar refractivity (Wildman–Crippen MR) is 111 cm³/mol. The van der Waals surface area contributed by atoms with Crippen molar-refractivity contribution in [3.05, 3.63) is 40.4 Å². The van der Waals surface area contributed by atoms with Gasteiger partial charge in [-0.25, -0.2) is 0 Å². The van der Waals surface area contributed by atoms with E-state index in [2.05, 4.69) is 31.6 Å². The smallest absolute Gasteiger partial charge is 0.203 e. The minimum atomic E-state index is 0.534. The van der Waals surface area contributed by atoms with Crippen molar-refractivity contribution in [2.45, 2.75) is 6.54 Å². The van der Waals surface area contributed by atoms with Gasteiger partial charge in [-0.3, -0.25) is 4.99 Å². The summed E-state index contributed by atoms with van der Waals surface area (Å²) in [6.45, 7) is 0.534. The molecule has 0 saturated heterocycles. The van der Waals surface area contributed by atoms with Crippen molar-refractivity contribution in [2.24, 2.45) is 4.99 Å².